The molecule has 0 aliphatic rings. The summed E-state index contributed by atoms with van der Waals surface area (Å²) < 4.78 is 229. The zero-order valence-corrected chi connectivity index (χ0v) is 15.1. The molecule has 0 rings (SSSR count). The Balaban J connectivity index is 7.42. The Morgan fingerprint density at radius 3 is 0.765 bits per heavy atom. The molecular weight excluding hydrogens is 546 g/mol. The second-order valence-electron chi connectivity index (χ2n) is 6.63. The van der Waals surface area contributed by atoms with Crippen molar-refractivity contribution in [2.45, 2.75) is 66.7 Å². The van der Waals surface area contributed by atoms with Gasteiger partial charge in [0.2, 0.25) is 0 Å². The molecular formula is C13H8F18O3. The smallest absolute Gasteiger partial charge is 0.373 e. The third-order valence-corrected chi connectivity index (χ3v) is 4.12. The van der Waals surface area contributed by atoms with Crippen molar-refractivity contribution in [3.05, 3.63) is 11.6 Å². The van der Waals surface area contributed by atoms with Crippen molar-refractivity contribution in [3.63, 3.8) is 0 Å². The zero-order valence-electron chi connectivity index (χ0n) is 15.1. The topological polar surface area (TPSA) is 60.7 Å². The predicted octanol–water partition coefficient (Wildman–Crippen LogP) is 5.26. The monoisotopic (exact) mass is 554 g/mol. The maximum absolute atomic E-state index is 12.8. The standard InChI is InChI=1S/C13H8F18O3/c14-8(15,16)5(32,9(17,18)19)1-4(2-6(33,10(20,21)22)11(23,24)25)3-7(34,12(26,27)28)13(29,30)31/h1,32-34H,2-3H2. The normalized spacial score (nSPS) is 16.0. The molecule has 0 saturated heterocycles. The molecule has 0 fully saturated rings. The summed E-state index contributed by atoms with van der Waals surface area (Å²) in [5, 5.41) is 26.6. The highest BCUT2D eigenvalue weighted by atomic mass is 19.4. The summed E-state index contributed by atoms with van der Waals surface area (Å²) in [7, 11) is 0. The maximum Gasteiger partial charge on any atom is 0.430 e. The van der Waals surface area contributed by atoms with Gasteiger partial charge in [0.05, 0.1) is 0 Å². The van der Waals surface area contributed by atoms with E-state index in [1.165, 1.54) is 0 Å². The number of aliphatic hydroxyl groups is 3. The fourth-order valence-electron chi connectivity index (χ4n) is 2.16. The van der Waals surface area contributed by atoms with Crippen molar-refractivity contribution in [3.8, 4) is 0 Å². The minimum atomic E-state index is -7.19. The number of alkyl halides is 18. The van der Waals surface area contributed by atoms with Crippen LogP contribution in [-0.4, -0.2) is 69.2 Å². The van der Waals surface area contributed by atoms with Crippen LogP contribution in [0.3, 0.4) is 0 Å². The summed E-state index contributed by atoms with van der Waals surface area (Å²) in [5.74, 6) is 0. The van der Waals surface area contributed by atoms with Crippen molar-refractivity contribution in [2.75, 3.05) is 0 Å². The number of halogens is 18. The van der Waals surface area contributed by atoms with Gasteiger partial charge >= 0.3 is 37.1 Å². The Labute approximate surface area is 174 Å². The van der Waals surface area contributed by atoms with E-state index in [0.717, 1.165) is 0 Å². The fourth-order valence-corrected chi connectivity index (χ4v) is 2.16. The largest absolute Gasteiger partial charge is 0.430 e. The van der Waals surface area contributed by atoms with E-state index in [1.54, 1.807) is 0 Å². The van der Waals surface area contributed by atoms with Gasteiger partial charge in [0.25, 0.3) is 16.8 Å². The highest BCUT2D eigenvalue weighted by Crippen LogP contribution is 2.53. The third-order valence-electron chi connectivity index (χ3n) is 4.12. The average molecular weight is 554 g/mol. The van der Waals surface area contributed by atoms with Crippen LogP contribution >= 0.6 is 0 Å². The second-order valence-corrected chi connectivity index (χ2v) is 6.63. The van der Waals surface area contributed by atoms with Gasteiger partial charge in [-0.2, -0.15) is 79.0 Å². The van der Waals surface area contributed by atoms with Gasteiger partial charge < -0.3 is 15.3 Å². The van der Waals surface area contributed by atoms with Crippen LogP contribution in [0.4, 0.5) is 79.0 Å². The average Bonchev–Trinajstić information content (AvgIpc) is 2.47. The van der Waals surface area contributed by atoms with Crippen LogP contribution in [0.1, 0.15) is 12.8 Å². The molecule has 0 aromatic rings. The molecule has 0 saturated carbocycles. The van der Waals surface area contributed by atoms with E-state index in [4.69, 9.17) is 15.3 Å². The van der Waals surface area contributed by atoms with E-state index in [0.29, 0.717) is 0 Å². The lowest BCUT2D eigenvalue weighted by molar-refractivity contribution is -0.374. The van der Waals surface area contributed by atoms with Crippen LogP contribution in [0.25, 0.3) is 0 Å². The van der Waals surface area contributed by atoms with Gasteiger partial charge in [-0.05, 0) is 6.08 Å². The lowest BCUT2D eigenvalue weighted by Gasteiger charge is -2.38. The third kappa shape index (κ3) is 5.77. The summed E-state index contributed by atoms with van der Waals surface area (Å²) in [6.07, 6.45) is -53.0. The van der Waals surface area contributed by atoms with Crippen LogP contribution < -0.4 is 0 Å². The highest BCUT2D eigenvalue weighted by molar-refractivity contribution is 5.23. The second kappa shape index (κ2) is 8.49. The van der Waals surface area contributed by atoms with Crippen LogP contribution in [0.2, 0.25) is 0 Å². The Morgan fingerprint density at radius 1 is 0.412 bits per heavy atom. The van der Waals surface area contributed by atoms with Crippen LogP contribution in [0, 0.1) is 0 Å². The summed E-state index contributed by atoms with van der Waals surface area (Å²) in [4.78, 5) is 0. The maximum atomic E-state index is 12.8. The first-order chi connectivity index (χ1) is 14.3. The first-order valence-corrected chi connectivity index (χ1v) is 7.56. The molecule has 34 heavy (non-hydrogen) atoms. The fraction of sp³-hybridized carbons (Fsp3) is 0.846. The molecule has 21 heteroatoms. The van der Waals surface area contributed by atoms with E-state index in [1.807, 2.05) is 0 Å². The van der Waals surface area contributed by atoms with Gasteiger partial charge in [0.15, 0.2) is 0 Å². The zero-order chi connectivity index (χ0) is 28.2. The Bertz CT molecular complexity index is 660. The molecule has 3 N–H and O–H groups in total. The first kappa shape index (κ1) is 32.4. The molecule has 0 aromatic heterocycles. The Hall–Kier alpha value is -1.64. The molecule has 0 radical (unpaired) electrons. The lowest BCUT2D eigenvalue weighted by Crippen LogP contribution is -2.60. The molecule has 204 valence electrons. The van der Waals surface area contributed by atoms with Crippen LogP contribution in [0.5, 0.6) is 0 Å². The quantitative estimate of drug-likeness (QED) is 0.321. The van der Waals surface area contributed by atoms with E-state index < -0.39 is 78.4 Å². The van der Waals surface area contributed by atoms with Gasteiger partial charge in [-0.15, -0.1) is 0 Å². The summed E-state index contributed by atoms with van der Waals surface area (Å²) >= 11 is 0. The highest BCUT2D eigenvalue weighted by Gasteiger charge is 2.75. The molecule has 0 atom stereocenters. The Morgan fingerprint density at radius 2 is 0.618 bits per heavy atom. The SMILES string of the molecule is OC(C=C(CC(O)(C(F)(F)F)C(F)(F)F)CC(O)(C(F)(F)F)C(F)(F)F)(C(F)(F)F)C(F)(F)F. The van der Waals surface area contributed by atoms with Gasteiger partial charge in [-0.1, -0.05) is 5.57 Å². The molecule has 0 aromatic carbocycles. The number of hydrogen-bond acceptors (Lipinski definition) is 3. The molecule has 0 unspecified atom stereocenters. The Kier molecular flexibility index (Phi) is 8.08. The van der Waals surface area contributed by atoms with E-state index in [2.05, 4.69) is 0 Å². The van der Waals surface area contributed by atoms with Gasteiger partial charge in [0, 0.05) is 12.8 Å². The van der Waals surface area contributed by atoms with Crippen molar-refractivity contribution in [1.82, 2.24) is 0 Å². The minimum absolute atomic E-state index is 2.25. The van der Waals surface area contributed by atoms with Crippen molar-refractivity contribution in [2.24, 2.45) is 0 Å². The number of hydrogen-bond donors (Lipinski definition) is 3. The first-order valence-electron chi connectivity index (χ1n) is 7.56. The van der Waals surface area contributed by atoms with E-state index in [9.17, 15) is 79.0 Å². The summed E-state index contributed by atoms with van der Waals surface area (Å²) in [6.45, 7) is 0. The molecule has 0 bridgehead atoms. The summed E-state index contributed by atoms with van der Waals surface area (Å²) in [6, 6.07) is 0. The minimum Gasteiger partial charge on any atom is -0.373 e. The van der Waals surface area contributed by atoms with Gasteiger partial charge in [-0.3, -0.25) is 0 Å². The van der Waals surface area contributed by atoms with Crippen molar-refractivity contribution >= 4 is 0 Å². The van der Waals surface area contributed by atoms with E-state index >= 15 is 0 Å². The number of rotatable bonds is 5. The lowest BCUT2D eigenvalue weighted by atomic mass is 9.82. The van der Waals surface area contributed by atoms with E-state index in [-0.39, 0.29) is 0 Å². The van der Waals surface area contributed by atoms with Gasteiger partial charge in [-0.25, -0.2) is 0 Å². The van der Waals surface area contributed by atoms with Crippen molar-refractivity contribution < 1.29 is 94.3 Å². The molecule has 0 spiro atoms. The molecule has 3 nitrogen and oxygen atoms in total. The van der Waals surface area contributed by atoms with Crippen LogP contribution in [-0.2, 0) is 0 Å². The predicted molar refractivity (Wildman–Crippen MR) is 68.5 cm³/mol. The molecule has 0 heterocycles. The van der Waals surface area contributed by atoms with Crippen molar-refractivity contribution in [1.29, 1.82) is 0 Å². The molecule has 0 aliphatic carbocycles. The summed E-state index contributed by atoms with van der Waals surface area (Å²) in [5.41, 5.74) is -23.1. The van der Waals surface area contributed by atoms with Gasteiger partial charge in [0.1, 0.15) is 0 Å². The molecule has 0 amide bonds. The molecule has 0 aliphatic heterocycles. The van der Waals surface area contributed by atoms with Crippen LogP contribution in [0.15, 0.2) is 11.6 Å².